The lowest BCUT2D eigenvalue weighted by atomic mass is 10.1. The van der Waals surface area contributed by atoms with E-state index in [1.165, 1.54) is 12.2 Å². The van der Waals surface area contributed by atoms with E-state index in [0.717, 1.165) is 12.8 Å². The number of rotatable bonds is 3. The van der Waals surface area contributed by atoms with Gasteiger partial charge in [-0.15, -0.1) is 0 Å². The van der Waals surface area contributed by atoms with Crippen molar-refractivity contribution in [1.29, 1.82) is 0 Å². The van der Waals surface area contributed by atoms with E-state index in [4.69, 9.17) is 14.6 Å². The van der Waals surface area contributed by atoms with Crippen molar-refractivity contribution in [3.8, 4) is 0 Å². The van der Waals surface area contributed by atoms with Gasteiger partial charge in [-0.25, -0.2) is 4.79 Å². The van der Waals surface area contributed by atoms with Crippen LogP contribution >= 0.6 is 0 Å². The van der Waals surface area contributed by atoms with Crippen molar-refractivity contribution in [2.75, 3.05) is 0 Å². The quantitative estimate of drug-likeness (QED) is 0.405. The molecule has 0 aromatic heterocycles. The van der Waals surface area contributed by atoms with Gasteiger partial charge in [-0.05, 0) is 38.7 Å². The molecule has 8 nitrogen and oxygen atoms in total. The van der Waals surface area contributed by atoms with Crippen LogP contribution in [0.3, 0.4) is 0 Å². The number of carboxylic acids is 1. The Morgan fingerprint density at radius 1 is 1.00 bits per heavy atom. The van der Waals surface area contributed by atoms with Crippen molar-refractivity contribution in [3.63, 3.8) is 0 Å². The molecule has 4 unspecified atom stereocenters. The Hall–Kier alpha value is -3.23. The number of ether oxygens (including phenoxy) is 2. The van der Waals surface area contributed by atoms with Gasteiger partial charge in [0.15, 0.2) is 0 Å². The van der Waals surface area contributed by atoms with Crippen LogP contribution in [0.2, 0.25) is 0 Å². The van der Waals surface area contributed by atoms with E-state index in [9.17, 15) is 24.6 Å². The van der Waals surface area contributed by atoms with Gasteiger partial charge in [-0.2, -0.15) is 0 Å². The van der Waals surface area contributed by atoms with Gasteiger partial charge in [0, 0.05) is 18.9 Å². The van der Waals surface area contributed by atoms with Crippen molar-refractivity contribution in [2.24, 2.45) is 0 Å². The molecule has 1 rings (SSSR count). The Morgan fingerprint density at radius 3 is 2.46 bits per heavy atom. The average Bonchev–Trinajstić information content (AvgIpc) is 2.76. The van der Waals surface area contributed by atoms with Gasteiger partial charge in [-0.1, -0.05) is 60.8 Å². The molecule has 1 aliphatic rings. The highest BCUT2D eigenvalue weighted by Crippen LogP contribution is 2.09. The van der Waals surface area contributed by atoms with Crippen LogP contribution in [0.5, 0.6) is 0 Å². The second-order valence-corrected chi connectivity index (χ2v) is 8.12. The molecule has 0 aromatic rings. The maximum Gasteiger partial charge on any atom is 0.331 e. The van der Waals surface area contributed by atoms with E-state index in [0.29, 0.717) is 12.8 Å². The summed E-state index contributed by atoms with van der Waals surface area (Å²) in [5.74, 6) is -2.60. The van der Waals surface area contributed by atoms with E-state index in [2.05, 4.69) is 0 Å². The SMILES string of the molecule is CC1CCCC=CC=CC(O)CC(O)CC=C/C=C/C(OC(=O)CC(=O)O)CC=CC=CC(=O)O1. The Kier molecular flexibility index (Phi) is 15.4. The van der Waals surface area contributed by atoms with Gasteiger partial charge < -0.3 is 24.8 Å². The maximum absolute atomic E-state index is 11.9. The standard InChI is InChI=1S/C27H36O8/c1-21-13-7-3-2-4-8-14-22(28)19-23(29)15-9-5-10-16-24(35-27(33)20-25(30)31)17-11-6-12-18-26(32)34-21/h2,4-6,8-12,14,16,18,21-24,28-29H,3,7,13,15,17,19-20H2,1H3,(H,30,31)/b4-2?,9-5?,11-6?,14-8?,16-10+,18-12?. The average molecular weight is 489 g/mol. The molecule has 0 radical (unpaired) electrons. The molecule has 0 amide bonds. The molecule has 0 bridgehead atoms. The normalized spacial score (nSPS) is 26.4. The third kappa shape index (κ3) is 16.9. The highest BCUT2D eigenvalue weighted by atomic mass is 16.5. The van der Waals surface area contributed by atoms with Crippen molar-refractivity contribution in [3.05, 3.63) is 72.9 Å². The molecule has 0 spiro atoms. The monoisotopic (exact) mass is 488 g/mol. The second-order valence-electron chi connectivity index (χ2n) is 8.12. The number of aliphatic hydroxyl groups excluding tert-OH is 2. The van der Waals surface area contributed by atoms with E-state index >= 15 is 0 Å². The summed E-state index contributed by atoms with van der Waals surface area (Å²) >= 11 is 0. The van der Waals surface area contributed by atoms with Crippen LogP contribution < -0.4 is 0 Å². The van der Waals surface area contributed by atoms with Crippen molar-refractivity contribution >= 4 is 17.9 Å². The van der Waals surface area contributed by atoms with Crippen LogP contribution in [-0.2, 0) is 23.9 Å². The van der Waals surface area contributed by atoms with Crippen LogP contribution in [0.15, 0.2) is 72.9 Å². The smallest absolute Gasteiger partial charge is 0.331 e. The molecule has 1 aliphatic heterocycles. The predicted octanol–water partition coefficient (Wildman–Crippen LogP) is 3.72. The fourth-order valence-corrected chi connectivity index (χ4v) is 3.07. The highest BCUT2D eigenvalue weighted by molar-refractivity contribution is 5.90. The molecule has 4 atom stereocenters. The fraction of sp³-hybridized carbons (Fsp3) is 0.444. The van der Waals surface area contributed by atoms with Crippen molar-refractivity contribution in [1.82, 2.24) is 0 Å². The molecular formula is C27H36O8. The van der Waals surface area contributed by atoms with Gasteiger partial charge in [0.05, 0.1) is 18.3 Å². The molecule has 3 N–H and O–H groups in total. The molecule has 0 saturated carbocycles. The summed E-state index contributed by atoms with van der Waals surface area (Å²) in [7, 11) is 0. The zero-order chi connectivity index (χ0) is 25.9. The first-order valence-electron chi connectivity index (χ1n) is 11.7. The van der Waals surface area contributed by atoms with Crippen LogP contribution in [-0.4, -0.2) is 57.6 Å². The van der Waals surface area contributed by atoms with Crippen LogP contribution in [0.1, 0.15) is 51.9 Å². The van der Waals surface area contributed by atoms with Gasteiger partial charge in [0.1, 0.15) is 12.5 Å². The number of hydrogen-bond donors (Lipinski definition) is 3. The summed E-state index contributed by atoms with van der Waals surface area (Å²) in [6.45, 7) is 1.83. The number of carbonyl (C=O) groups is 3. The highest BCUT2D eigenvalue weighted by Gasteiger charge is 2.14. The van der Waals surface area contributed by atoms with E-state index < -0.39 is 42.6 Å². The topological polar surface area (TPSA) is 130 Å². The number of aliphatic hydroxyl groups is 2. The lowest BCUT2D eigenvalue weighted by Gasteiger charge is -2.12. The summed E-state index contributed by atoms with van der Waals surface area (Å²) in [6, 6.07) is 0. The minimum absolute atomic E-state index is 0.189. The first-order chi connectivity index (χ1) is 16.8. The fourth-order valence-electron chi connectivity index (χ4n) is 3.07. The van der Waals surface area contributed by atoms with Crippen LogP contribution in [0.25, 0.3) is 0 Å². The van der Waals surface area contributed by atoms with Gasteiger partial charge in [0.25, 0.3) is 0 Å². The second kappa shape index (κ2) is 18.1. The van der Waals surface area contributed by atoms with Crippen LogP contribution in [0.4, 0.5) is 0 Å². The molecule has 8 heteroatoms. The number of esters is 2. The number of hydrogen-bond acceptors (Lipinski definition) is 7. The molecular weight excluding hydrogens is 452 g/mol. The molecule has 1 heterocycles. The first-order valence-corrected chi connectivity index (χ1v) is 11.7. The zero-order valence-electron chi connectivity index (χ0n) is 20.1. The number of allylic oxidation sites excluding steroid dienone is 7. The van der Waals surface area contributed by atoms with Gasteiger partial charge in [-0.3, -0.25) is 9.59 Å². The first kappa shape index (κ1) is 29.8. The molecule has 35 heavy (non-hydrogen) atoms. The summed E-state index contributed by atoms with van der Waals surface area (Å²) < 4.78 is 10.5. The minimum Gasteiger partial charge on any atom is -0.481 e. The summed E-state index contributed by atoms with van der Waals surface area (Å²) in [5, 5.41) is 28.9. The molecule has 0 aromatic carbocycles. The zero-order valence-corrected chi connectivity index (χ0v) is 20.1. The van der Waals surface area contributed by atoms with E-state index in [-0.39, 0.29) is 18.9 Å². The number of cyclic esters (lactones) is 1. The third-order valence-electron chi connectivity index (χ3n) is 4.80. The van der Waals surface area contributed by atoms with E-state index in [1.807, 2.05) is 19.1 Å². The largest absolute Gasteiger partial charge is 0.481 e. The minimum atomic E-state index is -1.28. The van der Waals surface area contributed by atoms with Crippen LogP contribution in [0, 0.1) is 0 Å². The Labute approximate surface area is 206 Å². The van der Waals surface area contributed by atoms with Gasteiger partial charge in [0.2, 0.25) is 0 Å². The predicted molar refractivity (Wildman–Crippen MR) is 132 cm³/mol. The Balaban J connectivity index is 2.87. The maximum atomic E-state index is 11.9. The summed E-state index contributed by atoms with van der Waals surface area (Å²) in [6.07, 6.45) is 19.9. The van der Waals surface area contributed by atoms with Crippen molar-refractivity contribution < 1.29 is 39.2 Å². The Bertz CT molecular complexity index is 834. The lowest BCUT2D eigenvalue weighted by Crippen LogP contribution is -2.18. The van der Waals surface area contributed by atoms with Crippen molar-refractivity contribution in [2.45, 2.75) is 76.3 Å². The number of carbonyl (C=O) groups excluding carboxylic acids is 2. The molecule has 0 fully saturated rings. The Morgan fingerprint density at radius 2 is 1.69 bits per heavy atom. The molecule has 0 aliphatic carbocycles. The molecule has 192 valence electrons. The van der Waals surface area contributed by atoms with Gasteiger partial charge >= 0.3 is 17.9 Å². The lowest BCUT2D eigenvalue weighted by molar-refractivity contribution is -0.153. The molecule has 0 saturated heterocycles. The summed E-state index contributed by atoms with van der Waals surface area (Å²) in [5.41, 5.74) is 0. The third-order valence-corrected chi connectivity index (χ3v) is 4.80. The number of aliphatic carboxylic acids is 1. The van der Waals surface area contributed by atoms with E-state index in [1.54, 1.807) is 48.6 Å². The number of carboxylic acid groups (broad SMARTS) is 1. The summed E-state index contributed by atoms with van der Waals surface area (Å²) in [4.78, 5) is 34.4.